The standard InChI is InChI=1S/C12H16N4O3/c13-8-3-4-9(12(18)19)15-11(8)16-5-1-2-7(6-16)10(14)17/h3-4,7H,1-2,5-6,13H2,(H2,14,17)(H,18,19). The first kappa shape index (κ1) is 13.1. The van der Waals surface area contributed by atoms with Crippen LogP contribution in [-0.4, -0.2) is 35.1 Å². The third kappa shape index (κ3) is 2.75. The van der Waals surface area contributed by atoms with E-state index in [1.807, 2.05) is 4.90 Å². The van der Waals surface area contributed by atoms with Crippen LogP contribution in [0.4, 0.5) is 11.5 Å². The van der Waals surface area contributed by atoms with Crippen molar-refractivity contribution in [2.24, 2.45) is 11.7 Å². The molecule has 102 valence electrons. The summed E-state index contributed by atoms with van der Waals surface area (Å²) >= 11 is 0. The van der Waals surface area contributed by atoms with Crippen molar-refractivity contribution in [3.8, 4) is 0 Å². The van der Waals surface area contributed by atoms with Gasteiger partial charge in [0.05, 0.1) is 11.6 Å². The maximum absolute atomic E-state index is 11.2. The van der Waals surface area contributed by atoms with Gasteiger partial charge in [-0.25, -0.2) is 9.78 Å². The summed E-state index contributed by atoms with van der Waals surface area (Å²) in [5, 5.41) is 8.94. The lowest BCUT2D eigenvalue weighted by atomic mass is 9.97. The minimum atomic E-state index is -1.11. The maximum Gasteiger partial charge on any atom is 0.354 e. The molecule has 0 saturated carbocycles. The van der Waals surface area contributed by atoms with Crippen LogP contribution in [-0.2, 0) is 4.79 Å². The smallest absolute Gasteiger partial charge is 0.354 e. The van der Waals surface area contributed by atoms with Crippen molar-refractivity contribution in [1.82, 2.24) is 4.98 Å². The second kappa shape index (κ2) is 5.13. The number of carbonyl (C=O) groups is 2. The van der Waals surface area contributed by atoms with Crippen molar-refractivity contribution in [2.45, 2.75) is 12.8 Å². The largest absolute Gasteiger partial charge is 0.477 e. The highest BCUT2D eigenvalue weighted by Crippen LogP contribution is 2.26. The van der Waals surface area contributed by atoms with Crippen LogP contribution in [0.15, 0.2) is 12.1 Å². The third-order valence-corrected chi connectivity index (χ3v) is 3.25. The highest BCUT2D eigenvalue weighted by molar-refractivity contribution is 5.87. The summed E-state index contributed by atoms with van der Waals surface area (Å²) in [6.07, 6.45) is 1.54. The first-order valence-electron chi connectivity index (χ1n) is 6.03. The van der Waals surface area contributed by atoms with Crippen molar-refractivity contribution in [1.29, 1.82) is 0 Å². The monoisotopic (exact) mass is 264 g/mol. The van der Waals surface area contributed by atoms with E-state index in [-0.39, 0.29) is 17.5 Å². The van der Waals surface area contributed by atoms with E-state index >= 15 is 0 Å². The van der Waals surface area contributed by atoms with Gasteiger partial charge in [0, 0.05) is 13.1 Å². The van der Waals surface area contributed by atoms with E-state index < -0.39 is 5.97 Å². The van der Waals surface area contributed by atoms with Crippen LogP contribution in [0.25, 0.3) is 0 Å². The molecule has 7 heteroatoms. The predicted octanol–water partition coefficient (Wildman–Crippen LogP) is 0.0637. The van der Waals surface area contributed by atoms with Crippen LogP contribution in [0.5, 0.6) is 0 Å². The van der Waals surface area contributed by atoms with Crippen molar-refractivity contribution >= 4 is 23.4 Å². The lowest BCUT2D eigenvalue weighted by Gasteiger charge is -2.32. The Kier molecular flexibility index (Phi) is 3.55. The molecule has 1 aromatic rings. The molecule has 7 nitrogen and oxygen atoms in total. The lowest BCUT2D eigenvalue weighted by molar-refractivity contribution is -0.122. The van der Waals surface area contributed by atoms with Gasteiger partial charge in [-0.2, -0.15) is 0 Å². The van der Waals surface area contributed by atoms with Crippen molar-refractivity contribution in [3.05, 3.63) is 17.8 Å². The van der Waals surface area contributed by atoms with Crippen LogP contribution in [0, 0.1) is 5.92 Å². The molecule has 1 unspecified atom stereocenters. The highest BCUT2D eigenvalue weighted by Gasteiger charge is 2.26. The fourth-order valence-electron chi connectivity index (χ4n) is 2.23. The van der Waals surface area contributed by atoms with Gasteiger partial charge in [0.1, 0.15) is 0 Å². The van der Waals surface area contributed by atoms with E-state index in [2.05, 4.69) is 4.98 Å². The Morgan fingerprint density at radius 1 is 1.42 bits per heavy atom. The number of pyridine rings is 1. The second-order valence-corrected chi connectivity index (χ2v) is 4.60. The summed E-state index contributed by atoms with van der Waals surface area (Å²) in [5.74, 6) is -1.29. The minimum absolute atomic E-state index is 0.0644. The zero-order valence-corrected chi connectivity index (χ0v) is 10.4. The molecular formula is C12H16N4O3. The summed E-state index contributed by atoms with van der Waals surface area (Å²) in [5.41, 5.74) is 11.5. The maximum atomic E-state index is 11.2. The number of nitrogens with two attached hydrogens (primary N) is 2. The molecule has 1 aromatic heterocycles. The molecule has 0 aromatic carbocycles. The third-order valence-electron chi connectivity index (χ3n) is 3.25. The van der Waals surface area contributed by atoms with Gasteiger partial charge >= 0.3 is 5.97 Å². The molecule has 1 fully saturated rings. The second-order valence-electron chi connectivity index (χ2n) is 4.60. The zero-order chi connectivity index (χ0) is 14.0. The summed E-state index contributed by atoms with van der Waals surface area (Å²) in [6.45, 7) is 1.11. The lowest BCUT2D eigenvalue weighted by Crippen LogP contribution is -2.41. The van der Waals surface area contributed by atoms with Gasteiger partial charge in [-0.1, -0.05) is 0 Å². The van der Waals surface area contributed by atoms with Gasteiger partial charge < -0.3 is 21.5 Å². The van der Waals surface area contributed by atoms with E-state index in [9.17, 15) is 9.59 Å². The molecule has 2 rings (SSSR count). The summed E-state index contributed by atoms with van der Waals surface area (Å²) in [4.78, 5) is 28.0. The molecule has 0 spiro atoms. The number of amides is 1. The first-order valence-corrected chi connectivity index (χ1v) is 6.03. The summed E-state index contributed by atoms with van der Waals surface area (Å²) < 4.78 is 0. The fourth-order valence-corrected chi connectivity index (χ4v) is 2.23. The number of nitrogen functional groups attached to an aromatic ring is 1. The molecule has 0 aliphatic carbocycles. The SMILES string of the molecule is NC(=O)C1CCCN(c2nc(C(=O)O)ccc2N)C1. The van der Waals surface area contributed by atoms with Gasteiger partial charge in [-0.15, -0.1) is 0 Å². The highest BCUT2D eigenvalue weighted by atomic mass is 16.4. The Hall–Kier alpha value is -2.31. The average Bonchev–Trinajstić information content (AvgIpc) is 2.39. The number of carboxylic acid groups (broad SMARTS) is 1. The van der Waals surface area contributed by atoms with Gasteiger partial charge in [0.2, 0.25) is 5.91 Å². The minimum Gasteiger partial charge on any atom is -0.477 e. The molecular weight excluding hydrogens is 248 g/mol. The number of aromatic nitrogens is 1. The Bertz CT molecular complexity index is 518. The van der Waals surface area contributed by atoms with E-state index in [1.54, 1.807) is 0 Å². The van der Waals surface area contributed by atoms with Crippen molar-refractivity contribution in [3.63, 3.8) is 0 Å². The van der Waals surface area contributed by atoms with Crippen LogP contribution in [0.3, 0.4) is 0 Å². The van der Waals surface area contributed by atoms with Crippen LogP contribution in [0.2, 0.25) is 0 Å². The van der Waals surface area contributed by atoms with E-state index in [0.29, 0.717) is 24.6 Å². The number of primary amides is 1. The van der Waals surface area contributed by atoms with E-state index in [0.717, 1.165) is 12.8 Å². The van der Waals surface area contributed by atoms with Gasteiger partial charge in [0.25, 0.3) is 0 Å². The molecule has 0 radical (unpaired) electrons. The number of rotatable bonds is 3. The Morgan fingerprint density at radius 2 is 2.16 bits per heavy atom. The molecule has 1 amide bonds. The number of piperidine rings is 1. The Balaban J connectivity index is 2.27. The number of hydrogen-bond donors (Lipinski definition) is 3. The van der Waals surface area contributed by atoms with Crippen LogP contribution < -0.4 is 16.4 Å². The van der Waals surface area contributed by atoms with Crippen LogP contribution >= 0.6 is 0 Å². The molecule has 0 bridgehead atoms. The fraction of sp³-hybridized carbons (Fsp3) is 0.417. The van der Waals surface area contributed by atoms with Crippen molar-refractivity contribution < 1.29 is 14.7 Å². The van der Waals surface area contributed by atoms with Gasteiger partial charge in [-0.05, 0) is 25.0 Å². The zero-order valence-electron chi connectivity index (χ0n) is 10.4. The molecule has 5 N–H and O–H groups in total. The average molecular weight is 264 g/mol. The summed E-state index contributed by atoms with van der Waals surface area (Å²) in [7, 11) is 0. The number of hydrogen-bond acceptors (Lipinski definition) is 5. The molecule has 1 atom stereocenters. The molecule has 1 aliphatic heterocycles. The number of carboxylic acids is 1. The molecule has 1 saturated heterocycles. The molecule has 2 heterocycles. The number of aromatic carboxylic acids is 1. The predicted molar refractivity (Wildman–Crippen MR) is 69.7 cm³/mol. The summed E-state index contributed by atoms with van der Waals surface area (Å²) in [6, 6.07) is 2.87. The molecule has 19 heavy (non-hydrogen) atoms. The quantitative estimate of drug-likeness (QED) is 0.709. The number of anilines is 2. The Labute approximate surface area is 110 Å². The number of nitrogens with zero attached hydrogens (tertiary/aromatic N) is 2. The number of carbonyl (C=O) groups excluding carboxylic acids is 1. The van der Waals surface area contributed by atoms with Crippen LogP contribution in [0.1, 0.15) is 23.3 Å². The first-order chi connectivity index (χ1) is 8.99. The van der Waals surface area contributed by atoms with E-state index in [1.165, 1.54) is 12.1 Å². The topological polar surface area (TPSA) is 123 Å². The van der Waals surface area contributed by atoms with Crippen molar-refractivity contribution in [2.75, 3.05) is 23.7 Å². The Morgan fingerprint density at radius 3 is 2.79 bits per heavy atom. The van der Waals surface area contributed by atoms with Gasteiger partial charge in [0.15, 0.2) is 11.5 Å². The van der Waals surface area contributed by atoms with E-state index in [4.69, 9.17) is 16.6 Å². The molecule has 1 aliphatic rings. The normalized spacial score (nSPS) is 19.2. The van der Waals surface area contributed by atoms with Gasteiger partial charge in [-0.3, -0.25) is 4.79 Å².